The van der Waals surface area contributed by atoms with Crippen LogP contribution >= 0.6 is 0 Å². The third-order valence-electron chi connectivity index (χ3n) is 4.72. The molecule has 1 fully saturated rings. The van der Waals surface area contributed by atoms with Crippen molar-refractivity contribution in [3.05, 3.63) is 29.3 Å². The molecule has 2 nitrogen and oxygen atoms in total. The maximum absolute atomic E-state index is 5.57. The highest BCUT2D eigenvalue weighted by molar-refractivity contribution is 5.40. The van der Waals surface area contributed by atoms with Gasteiger partial charge in [0.05, 0.1) is 6.61 Å². The highest BCUT2D eigenvalue weighted by atomic mass is 16.5. The minimum Gasteiger partial charge on any atom is -0.493 e. The Morgan fingerprint density at radius 2 is 2.00 bits per heavy atom. The Balaban J connectivity index is 1.62. The molecule has 2 heteroatoms. The van der Waals surface area contributed by atoms with Crippen molar-refractivity contribution in [2.75, 3.05) is 6.61 Å². The molecule has 1 unspecified atom stereocenters. The summed E-state index contributed by atoms with van der Waals surface area (Å²) in [7, 11) is 0. The Morgan fingerprint density at radius 3 is 2.79 bits per heavy atom. The third kappa shape index (κ3) is 2.94. The summed E-state index contributed by atoms with van der Waals surface area (Å²) >= 11 is 0. The molecule has 2 aliphatic rings. The van der Waals surface area contributed by atoms with E-state index in [0.717, 1.165) is 24.7 Å². The lowest BCUT2D eigenvalue weighted by Gasteiger charge is -2.30. The van der Waals surface area contributed by atoms with Crippen molar-refractivity contribution in [3.8, 4) is 5.75 Å². The maximum Gasteiger partial charge on any atom is 0.122 e. The Morgan fingerprint density at radius 1 is 1.21 bits per heavy atom. The summed E-state index contributed by atoms with van der Waals surface area (Å²) in [6.45, 7) is 5.51. The van der Waals surface area contributed by atoms with Crippen LogP contribution in [0, 0.1) is 5.92 Å². The number of fused-ring (bicyclic) bond motifs is 1. The minimum absolute atomic E-state index is 0.448. The molecule has 1 aromatic carbocycles. The standard InChI is InChI=1S/C17H25NO/c1-12-3-6-16(7-4-12)18-13(2)14-5-8-17-15(11-14)9-10-19-17/h5,8,11-13,16,18H,3-4,6-7,9-10H2,1-2H3. The van der Waals surface area contributed by atoms with E-state index in [9.17, 15) is 0 Å². The second kappa shape index (κ2) is 5.54. The summed E-state index contributed by atoms with van der Waals surface area (Å²) in [5.41, 5.74) is 2.78. The van der Waals surface area contributed by atoms with Crippen molar-refractivity contribution in [3.63, 3.8) is 0 Å². The average Bonchev–Trinajstić information content (AvgIpc) is 2.88. The Labute approximate surface area is 116 Å². The predicted molar refractivity (Wildman–Crippen MR) is 78.6 cm³/mol. The highest BCUT2D eigenvalue weighted by Crippen LogP contribution is 2.29. The number of nitrogens with one attached hydrogen (secondary N) is 1. The number of hydrogen-bond donors (Lipinski definition) is 1. The van der Waals surface area contributed by atoms with E-state index in [1.165, 1.54) is 36.8 Å². The van der Waals surface area contributed by atoms with E-state index in [1.54, 1.807) is 0 Å². The van der Waals surface area contributed by atoms with E-state index < -0.39 is 0 Å². The van der Waals surface area contributed by atoms with Gasteiger partial charge in [-0.05, 0) is 55.7 Å². The Kier molecular flexibility index (Phi) is 3.79. The van der Waals surface area contributed by atoms with Gasteiger partial charge in [-0.25, -0.2) is 0 Å². The van der Waals surface area contributed by atoms with Crippen molar-refractivity contribution in [2.24, 2.45) is 5.92 Å². The van der Waals surface area contributed by atoms with Gasteiger partial charge in [0.2, 0.25) is 0 Å². The molecule has 0 radical (unpaired) electrons. The lowest BCUT2D eigenvalue weighted by molar-refractivity contribution is 0.291. The second-order valence-corrected chi connectivity index (χ2v) is 6.31. The zero-order valence-corrected chi connectivity index (χ0v) is 12.1. The van der Waals surface area contributed by atoms with Gasteiger partial charge in [-0.3, -0.25) is 0 Å². The number of hydrogen-bond acceptors (Lipinski definition) is 2. The van der Waals surface area contributed by atoms with Gasteiger partial charge >= 0.3 is 0 Å². The van der Waals surface area contributed by atoms with E-state index in [0.29, 0.717) is 12.1 Å². The van der Waals surface area contributed by atoms with Crippen LogP contribution in [0.4, 0.5) is 0 Å². The van der Waals surface area contributed by atoms with Crippen LogP contribution in [0.25, 0.3) is 0 Å². The molecule has 0 spiro atoms. The molecule has 0 bridgehead atoms. The van der Waals surface area contributed by atoms with E-state index in [-0.39, 0.29) is 0 Å². The first-order valence-electron chi connectivity index (χ1n) is 7.74. The fourth-order valence-electron chi connectivity index (χ4n) is 3.35. The Hall–Kier alpha value is -1.02. The van der Waals surface area contributed by atoms with Crippen molar-refractivity contribution >= 4 is 0 Å². The van der Waals surface area contributed by atoms with Crippen LogP contribution in [0.15, 0.2) is 18.2 Å². The van der Waals surface area contributed by atoms with Crippen molar-refractivity contribution in [2.45, 2.75) is 58.0 Å². The largest absolute Gasteiger partial charge is 0.493 e. The summed E-state index contributed by atoms with van der Waals surface area (Å²) < 4.78 is 5.57. The van der Waals surface area contributed by atoms with Crippen LogP contribution in [-0.4, -0.2) is 12.6 Å². The fraction of sp³-hybridized carbons (Fsp3) is 0.647. The van der Waals surface area contributed by atoms with Gasteiger partial charge in [0.15, 0.2) is 0 Å². The Bertz CT molecular complexity index is 435. The number of rotatable bonds is 3. The second-order valence-electron chi connectivity index (χ2n) is 6.31. The van der Waals surface area contributed by atoms with Crippen LogP contribution in [0.3, 0.4) is 0 Å². The lowest BCUT2D eigenvalue weighted by atomic mass is 9.87. The molecule has 1 heterocycles. The van der Waals surface area contributed by atoms with Crippen molar-refractivity contribution < 1.29 is 4.74 Å². The molecule has 0 saturated heterocycles. The maximum atomic E-state index is 5.57. The molecule has 1 aliphatic carbocycles. The van der Waals surface area contributed by atoms with Crippen LogP contribution in [-0.2, 0) is 6.42 Å². The molecule has 19 heavy (non-hydrogen) atoms. The zero-order valence-electron chi connectivity index (χ0n) is 12.1. The summed E-state index contributed by atoms with van der Waals surface area (Å²) in [6, 6.07) is 7.83. The molecule has 1 aromatic rings. The SMILES string of the molecule is CC1CCC(NC(C)c2ccc3c(c2)CCO3)CC1. The van der Waals surface area contributed by atoms with E-state index in [2.05, 4.69) is 37.4 Å². The number of benzene rings is 1. The smallest absolute Gasteiger partial charge is 0.122 e. The highest BCUT2D eigenvalue weighted by Gasteiger charge is 2.21. The predicted octanol–water partition coefficient (Wildman–Crippen LogP) is 3.85. The fourth-order valence-corrected chi connectivity index (χ4v) is 3.35. The quantitative estimate of drug-likeness (QED) is 0.890. The molecule has 104 valence electrons. The first-order chi connectivity index (χ1) is 9.22. The molecule has 0 aromatic heterocycles. The van der Waals surface area contributed by atoms with Gasteiger partial charge in [-0.1, -0.05) is 19.1 Å². The summed E-state index contributed by atoms with van der Waals surface area (Å²) in [6.07, 6.45) is 6.49. The first kappa shape index (κ1) is 13.0. The number of ether oxygens (including phenoxy) is 1. The molecular formula is C17H25NO. The first-order valence-corrected chi connectivity index (χ1v) is 7.74. The lowest BCUT2D eigenvalue weighted by Crippen LogP contribution is -2.34. The summed E-state index contributed by atoms with van der Waals surface area (Å²) in [5.74, 6) is 2.01. The van der Waals surface area contributed by atoms with Gasteiger partial charge in [-0.15, -0.1) is 0 Å². The molecule has 1 aliphatic heterocycles. The molecule has 0 amide bonds. The third-order valence-corrected chi connectivity index (χ3v) is 4.72. The van der Waals surface area contributed by atoms with Crippen LogP contribution in [0.5, 0.6) is 5.75 Å². The molecular weight excluding hydrogens is 234 g/mol. The van der Waals surface area contributed by atoms with Gasteiger partial charge in [0.25, 0.3) is 0 Å². The summed E-state index contributed by atoms with van der Waals surface area (Å²) in [5, 5.41) is 3.81. The normalized spacial score (nSPS) is 27.7. The summed E-state index contributed by atoms with van der Waals surface area (Å²) in [4.78, 5) is 0. The zero-order chi connectivity index (χ0) is 13.2. The van der Waals surface area contributed by atoms with Crippen molar-refractivity contribution in [1.82, 2.24) is 5.32 Å². The van der Waals surface area contributed by atoms with E-state index in [4.69, 9.17) is 4.74 Å². The molecule has 1 N–H and O–H groups in total. The van der Waals surface area contributed by atoms with Crippen LogP contribution < -0.4 is 10.1 Å². The van der Waals surface area contributed by atoms with Crippen LogP contribution in [0.1, 0.15) is 56.7 Å². The molecule has 1 atom stereocenters. The molecule has 3 rings (SSSR count). The van der Waals surface area contributed by atoms with Crippen LogP contribution in [0.2, 0.25) is 0 Å². The van der Waals surface area contributed by atoms with E-state index >= 15 is 0 Å². The average molecular weight is 259 g/mol. The van der Waals surface area contributed by atoms with Crippen molar-refractivity contribution in [1.29, 1.82) is 0 Å². The minimum atomic E-state index is 0.448. The van der Waals surface area contributed by atoms with Gasteiger partial charge in [-0.2, -0.15) is 0 Å². The molecule has 1 saturated carbocycles. The monoisotopic (exact) mass is 259 g/mol. The van der Waals surface area contributed by atoms with Gasteiger partial charge in [0, 0.05) is 18.5 Å². The van der Waals surface area contributed by atoms with Gasteiger partial charge < -0.3 is 10.1 Å². The topological polar surface area (TPSA) is 21.3 Å². The van der Waals surface area contributed by atoms with Gasteiger partial charge in [0.1, 0.15) is 5.75 Å². The van der Waals surface area contributed by atoms with E-state index in [1.807, 2.05) is 0 Å².